The Kier molecular flexibility index (Phi) is 5.87. The number of para-hydroxylation sites is 2. The highest BCUT2D eigenvalue weighted by molar-refractivity contribution is 6.17. The molecule has 1 saturated heterocycles. The molecule has 3 aliphatic rings. The van der Waals surface area contributed by atoms with Crippen LogP contribution in [-0.2, 0) is 15.0 Å². The topological polar surface area (TPSA) is 84.9 Å². The molecule has 3 aliphatic heterocycles. The van der Waals surface area contributed by atoms with Crippen molar-refractivity contribution < 1.29 is 23.9 Å². The molecule has 0 radical (unpaired) electrons. The molecule has 1 N–H and O–H groups in total. The van der Waals surface area contributed by atoms with Gasteiger partial charge in [-0.05, 0) is 41.5 Å². The summed E-state index contributed by atoms with van der Waals surface area (Å²) in [5, 5.41) is 3.05. The molecule has 1 spiro atoms. The summed E-state index contributed by atoms with van der Waals surface area (Å²) in [6.45, 7) is 5.59. The van der Waals surface area contributed by atoms with Crippen molar-refractivity contribution in [3.63, 3.8) is 0 Å². The van der Waals surface area contributed by atoms with E-state index in [1.807, 2.05) is 86.4 Å². The Morgan fingerprint density at radius 2 is 1.62 bits per heavy atom. The second-order valence-corrected chi connectivity index (χ2v) is 11.6. The fraction of sp³-hybridized carbons (Fsp3) is 0.303. The van der Waals surface area contributed by atoms with Crippen LogP contribution in [0, 0.1) is 11.3 Å². The first-order chi connectivity index (χ1) is 19.1. The second kappa shape index (κ2) is 9.08. The van der Waals surface area contributed by atoms with Gasteiger partial charge in [0.25, 0.3) is 0 Å². The van der Waals surface area contributed by atoms with E-state index in [1.165, 1.54) is 14.2 Å². The van der Waals surface area contributed by atoms with Gasteiger partial charge in [0.05, 0.1) is 26.2 Å². The third-order valence-corrected chi connectivity index (χ3v) is 8.50. The number of methoxy groups -OCH3 is 2. The van der Waals surface area contributed by atoms with Crippen LogP contribution >= 0.6 is 0 Å². The molecule has 0 unspecified atom stereocenters. The van der Waals surface area contributed by atoms with E-state index in [0.29, 0.717) is 22.7 Å². The lowest BCUT2D eigenvalue weighted by Crippen LogP contribution is -2.51. The highest BCUT2D eigenvalue weighted by Gasteiger charge is 2.70. The predicted molar refractivity (Wildman–Crippen MR) is 154 cm³/mol. The van der Waals surface area contributed by atoms with Crippen molar-refractivity contribution in [3.8, 4) is 11.5 Å². The first-order valence-electron chi connectivity index (χ1n) is 13.4. The molecule has 7 heteroatoms. The number of amides is 1. The summed E-state index contributed by atoms with van der Waals surface area (Å²) in [5.74, 6) is -0.803. The van der Waals surface area contributed by atoms with Crippen molar-refractivity contribution in [2.24, 2.45) is 11.3 Å². The zero-order valence-corrected chi connectivity index (χ0v) is 23.2. The van der Waals surface area contributed by atoms with E-state index in [4.69, 9.17) is 9.47 Å². The summed E-state index contributed by atoms with van der Waals surface area (Å²) in [5.41, 5.74) is 1.39. The molecule has 1 fully saturated rings. The van der Waals surface area contributed by atoms with Gasteiger partial charge in [0.1, 0.15) is 11.5 Å². The molecular formula is C33H32N2O5. The number of benzene rings is 3. The predicted octanol–water partition coefficient (Wildman–Crippen LogP) is 5.29. The Labute approximate surface area is 233 Å². The number of fused-ring (bicyclic) bond motifs is 6. The van der Waals surface area contributed by atoms with Gasteiger partial charge in [-0.2, -0.15) is 0 Å². The Balaban J connectivity index is 1.66. The van der Waals surface area contributed by atoms with Gasteiger partial charge in [0, 0.05) is 22.4 Å². The van der Waals surface area contributed by atoms with Crippen molar-refractivity contribution in [3.05, 3.63) is 89.5 Å². The lowest BCUT2D eigenvalue weighted by Gasteiger charge is -2.38. The van der Waals surface area contributed by atoms with E-state index in [1.54, 1.807) is 18.2 Å². The van der Waals surface area contributed by atoms with Crippen LogP contribution in [0.15, 0.2) is 72.8 Å². The van der Waals surface area contributed by atoms with Crippen LogP contribution in [0.3, 0.4) is 0 Å². The first-order valence-corrected chi connectivity index (χ1v) is 13.4. The molecule has 1 amide bonds. The number of Topliss-reactive ketones (excluding diaryl/α,β-unsaturated/α-hetero) is 2. The lowest BCUT2D eigenvalue weighted by atomic mass is 9.63. The van der Waals surface area contributed by atoms with Crippen molar-refractivity contribution in [2.45, 2.75) is 38.3 Å². The van der Waals surface area contributed by atoms with Crippen LogP contribution in [0.25, 0.3) is 6.08 Å². The maximum absolute atomic E-state index is 14.8. The monoisotopic (exact) mass is 536 g/mol. The second-order valence-electron chi connectivity index (χ2n) is 11.6. The molecule has 0 aliphatic carbocycles. The number of ketones is 2. The Hall–Kier alpha value is -4.39. The molecule has 0 bridgehead atoms. The van der Waals surface area contributed by atoms with Crippen LogP contribution in [0.4, 0.5) is 11.4 Å². The number of ether oxygens (including phenoxy) is 2. The van der Waals surface area contributed by atoms with Crippen molar-refractivity contribution in [1.82, 2.24) is 0 Å². The molecule has 40 heavy (non-hydrogen) atoms. The summed E-state index contributed by atoms with van der Waals surface area (Å²) in [4.78, 5) is 45.7. The number of anilines is 2. The van der Waals surface area contributed by atoms with Crippen molar-refractivity contribution in [2.75, 3.05) is 24.4 Å². The van der Waals surface area contributed by atoms with E-state index >= 15 is 0 Å². The van der Waals surface area contributed by atoms with Gasteiger partial charge >= 0.3 is 0 Å². The maximum atomic E-state index is 14.8. The van der Waals surface area contributed by atoms with Crippen molar-refractivity contribution >= 4 is 34.9 Å². The van der Waals surface area contributed by atoms with Gasteiger partial charge in [-0.1, -0.05) is 69.3 Å². The van der Waals surface area contributed by atoms with E-state index in [-0.39, 0.29) is 17.5 Å². The normalized spacial score (nSPS) is 24.3. The molecule has 3 aromatic carbocycles. The summed E-state index contributed by atoms with van der Waals surface area (Å²) >= 11 is 0. The molecule has 7 nitrogen and oxygen atoms in total. The van der Waals surface area contributed by atoms with Crippen LogP contribution in [-0.4, -0.2) is 43.8 Å². The molecule has 4 atom stereocenters. The third-order valence-electron chi connectivity index (χ3n) is 8.50. The summed E-state index contributed by atoms with van der Waals surface area (Å²) < 4.78 is 10.9. The van der Waals surface area contributed by atoms with E-state index in [9.17, 15) is 14.4 Å². The Bertz CT molecular complexity index is 1590. The molecule has 6 rings (SSSR count). The molecular weight excluding hydrogens is 504 g/mol. The number of rotatable bonds is 5. The quantitative estimate of drug-likeness (QED) is 0.446. The number of hydrogen-bond acceptors (Lipinski definition) is 6. The highest BCUT2D eigenvalue weighted by Crippen LogP contribution is 2.58. The largest absolute Gasteiger partial charge is 0.493 e. The van der Waals surface area contributed by atoms with E-state index < -0.39 is 28.8 Å². The standard InChI is InChI=1S/C33H32N2O5/c1-32(2,3)30(37)28-27(29(36)20-14-16-24(39-4)25(18-20)40-5)33(21-11-7-8-12-22(21)34-31(33)38)26-17-15-19-10-6-9-13-23(19)35(26)28/h6-18,26-28H,1-5H3,(H,34,38)/t26-,27+,28-,33+/m1/s1. The number of carbonyl (C=O) groups excluding carboxylic acids is 3. The fourth-order valence-corrected chi connectivity index (χ4v) is 6.73. The number of carbonyl (C=O) groups is 3. The number of hydrogen-bond donors (Lipinski definition) is 1. The minimum Gasteiger partial charge on any atom is -0.493 e. The molecule has 0 saturated carbocycles. The number of nitrogens with one attached hydrogen (secondary N) is 1. The fourth-order valence-electron chi connectivity index (χ4n) is 6.73. The highest BCUT2D eigenvalue weighted by atomic mass is 16.5. The SMILES string of the molecule is COc1ccc(C(=O)[C@@H]2[C@H](C(=O)C(C)(C)C)N3c4ccccc4C=C[C@@H]3[C@]23C(=O)Nc2ccccc23)cc1OC. The van der Waals surface area contributed by atoms with Crippen LogP contribution < -0.4 is 19.7 Å². The van der Waals surface area contributed by atoms with E-state index in [2.05, 4.69) is 5.32 Å². The van der Waals surface area contributed by atoms with Gasteiger partial charge in [0.15, 0.2) is 23.1 Å². The zero-order valence-electron chi connectivity index (χ0n) is 23.2. The zero-order chi connectivity index (χ0) is 28.4. The van der Waals surface area contributed by atoms with Gasteiger partial charge < -0.3 is 19.7 Å². The Morgan fingerprint density at radius 3 is 2.35 bits per heavy atom. The van der Waals surface area contributed by atoms with Crippen LogP contribution in [0.5, 0.6) is 11.5 Å². The molecule has 0 aromatic heterocycles. The van der Waals surface area contributed by atoms with Crippen LogP contribution in [0.1, 0.15) is 42.3 Å². The van der Waals surface area contributed by atoms with E-state index in [0.717, 1.165) is 16.8 Å². The summed E-state index contributed by atoms with van der Waals surface area (Å²) in [7, 11) is 3.04. The summed E-state index contributed by atoms with van der Waals surface area (Å²) in [6.07, 6.45) is 3.98. The first kappa shape index (κ1) is 25.9. The molecule has 204 valence electrons. The third kappa shape index (κ3) is 3.46. The number of nitrogens with zero attached hydrogens (tertiary/aromatic N) is 1. The van der Waals surface area contributed by atoms with Gasteiger partial charge in [-0.3, -0.25) is 14.4 Å². The van der Waals surface area contributed by atoms with Gasteiger partial charge in [-0.25, -0.2) is 0 Å². The smallest absolute Gasteiger partial charge is 0.238 e. The van der Waals surface area contributed by atoms with Gasteiger partial charge in [0.2, 0.25) is 5.91 Å². The van der Waals surface area contributed by atoms with Gasteiger partial charge in [-0.15, -0.1) is 0 Å². The minimum absolute atomic E-state index is 0.101. The van der Waals surface area contributed by atoms with Crippen LogP contribution in [0.2, 0.25) is 0 Å². The maximum Gasteiger partial charge on any atom is 0.238 e. The average molecular weight is 537 g/mol. The molecule has 3 heterocycles. The molecule has 3 aromatic rings. The van der Waals surface area contributed by atoms with Crippen molar-refractivity contribution in [1.29, 1.82) is 0 Å². The lowest BCUT2D eigenvalue weighted by molar-refractivity contribution is -0.128. The minimum atomic E-state index is -1.34. The Morgan fingerprint density at radius 1 is 0.925 bits per heavy atom. The summed E-state index contributed by atoms with van der Waals surface area (Å²) in [6, 6.07) is 18.8. The average Bonchev–Trinajstić information content (AvgIpc) is 3.43.